The molecule has 0 radical (unpaired) electrons. The SMILES string of the molecule is CN(C)C(=O)N1CC2CC2(c2ccc(N3CCCCC3)cc2)C1. The lowest BCUT2D eigenvalue weighted by Crippen LogP contribution is -2.40. The van der Waals surface area contributed by atoms with Crippen molar-refractivity contribution >= 4 is 11.7 Å². The van der Waals surface area contributed by atoms with Crippen LogP contribution in [0.25, 0.3) is 0 Å². The Morgan fingerprint density at radius 3 is 2.48 bits per heavy atom. The molecular formula is C19H27N3O. The lowest BCUT2D eigenvalue weighted by molar-refractivity contribution is 0.176. The maximum absolute atomic E-state index is 12.2. The highest BCUT2D eigenvalue weighted by Gasteiger charge is 2.61. The number of piperidine rings is 2. The average molecular weight is 313 g/mol. The molecule has 2 amide bonds. The smallest absolute Gasteiger partial charge is 0.319 e. The first kappa shape index (κ1) is 14.9. The summed E-state index contributed by atoms with van der Waals surface area (Å²) in [7, 11) is 3.68. The molecule has 1 saturated carbocycles. The van der Waals surface area contributed by atoms with Crippen LogP contribution >= 0.6 is 0 Å². The fourth-order valence-corrected chi connectivity index (χ4v) is 4.51. The Bertz CT molecular complexity index is 591. The Hall–Kier alpha value is -1.71. The molecule has 3 aliphatic rings. The van der Waals surface area contributed by atoms with E-state index in [9.17, 15) is 4.79 Å². The molecule has 1 aromatic carbocycles. The van der Waals surface area contributed by atoms with Crippen LogP contribution in [0.3, 0.4) is 0 Å². The number of hydrogen-bond donors (Lipinski definition) is 0. The molecule has 1 aromatic rings. The predicted molar refractivity (Wildman–Crippen MR) is 92.9 cm³/mol. The highest BCUT2D eigenvalue weighted by atomic mass is 16.2. The lowest BCUT2D eigenvalue weighted by atomic mass is 9.94. The molecule has 0 spiro atoms. The summed E-state index contributed by atoms with van der Waals surface area (Å²) in [4.78, 5) is 18.4. The second-order valence-electron chi connectivity index (χ2n) is 7.71. The van der Waals surface area contributed by atoms with Crippen LogP contribution in [0.5, 0.6) is 0 Å². The minimum absolute atomic E-state index is 0.154. The summed E-state index contributed by atoms with van der Waals surface area (Å²) in [5, 5.41) is 0. The number of fused-ring (bicyclic) bond motifs is 1. The van der Waals surface area contributed by atoms with Crippen LogP contribution in [-0.4, -0.2) is 56.1 Å². The Labute approximate surface area is 139 Å². The summed E-state index contributed by atoms with van der Waals surface area (Å²) < 4.78 is 0. The van der Waals surface area contributed by atoms with Crippen LogP contribution in [0, 0.1) is 5.92 Å². The van der Waals surface area contributed by atoms with Gasteiger partial charge in [0, 0.05) is 51.4 Å². The van der Waals surface area contributed by atoms with E-state index in [1.54, 1.807) is 4.90 Å². The van der Waals surface area contributed by atoms with Crippen LogP contribution in [-0.2, 0) is 5.41 Å². The zero-order valence-corrected chi connectivity index (χ0v) is 14.3. The van der Waals surface area contributed by atoms with E-state index < -0.39 is 0 Å². The Morgan fingerprint density at radius 1 is 1.13 bits per heavy atom. The van der Waals surface area contributed by atoms with Crippen molar-refractivity contribution in [1.29, 1.82) is 0 Å². The number of hydrogen-bond acceptors (Lipinski definition) is 2. The van der Waals surface area contributed by atoms with Gasteiger partial charge in [-0.25, -0.2) is 4.79 Å². The van der Waals surface area contributed by atoms with Gasteiger partial charge in [0.2, 0.25) is 0 Å². The quantitative estimate of drug-likeness (QED) is 0.839. The molecule has 1 aliphatic carbocycles. The van der Waals surface area contributed by atoms with Gasteiger partial charge in [-0.1, -0.05) is 12.1 Å². The third-order valence-corrected chi connectivity index (χ3v) is 5.96. The first-order chi connectivity index (χ1) is 11.1. The van der Waals surface area contributed by atoms with E-state index in [1.165, 1.54) is 50.0 Å². The second kappa shape index (κ2) is 5.43. The molecule has 0 bridgehead atoms. The summed E-state index contributed by atoms with van der Waals surface area (Å²) in [5.74, 6) is 0.659. The molecule has 2 atom stereocenters. The van der Waals surface area contributed by atoms with E-state index in [0.29, 0.717) is 5.92 Å². The molecule has 4 nitrogen and oxygen atoms in total. The summed E-state index contributed by atoms with van der Waals surface area (Å²) in [6.07, 6.45) is 5.24. The maximum atomic E-state index is 12.2. The fourth-order valence-electron chi connectivity index (χ4n) is 4.51. The van der Waals surface area contributed by atoms with Crippen molar-refractivity contribution in [2.75, 3.05) is 45.2 Å². The van der Waals surface area contributed by atoms with Gasteiger partial charge in [-0.05, 0) is 49.3 Å². The lowest BCUT2D eigenvalue weighted by Gasteiger charge is -2.29. The van der Waals surface area contributed by atoms with Gasteiger partial charge < -0.3 is 14.7 Å². The van der Waals surface area contributed by atoms with Crippen LogP contribution in [0.15, 0.2) is 24.3 Å². The molecule has 23 heavy (non-hydrogen) atoms. The van der Waals surface area contributed by atoms with E-state index in [0.717, 1.165) is 13.1 Å². The van der Waals surface area contributed by atoms with Crippen molar-refractivity contribution in [3.63, 3.8) is 0 Å². The number of benzene rings is 1. The molecule has 2 unspecified atom stereocenters. The average Bonchev–Trinajstić information content (AvgIpc) is 3.16. The number of rotatable bonds is 2. The normalized spacial score (nSPS) is 29.4. The van der Waals surface area contributed by atoms with E-state index in [-0.39, 0.29) is 11.4 Å². The predicted octanol–water partition coefficient (Wildman–Crippen LogP) is 2.93. The summed E-state index contributed by atoms with van der Waals surface area (Å²) >= 11 is 0. The van der Waals surface area contributed by atoms with Gasteiger partial charge in [-0.15, -0.1) is 0 Å². The van der Waals surface area contributed by atoms with Gasteiger partial charge in [0.15, 0.2) is 0 Å². The van der Waals surface area contributed by atoms with Crippen molar-refractivity contribution in [3.05, 3.63) is 29.8 Å². The molecule has 3 fully saturated rings. The van der Waals surface area contributed by atoms with Crippen molar-refractivity contribution in [1.82, 2.24) is 9.80 Å². The van der Waals surface area contributed by atoms with E-state index >= 15 is 0 Å². The fraction of sp³-hybridized carbons (Fsp3) is 0.632. The zero-order chi connectivity index (χ0) is 16.0. The van der Waals surface area contributed by atoms with Gasteiger partial charge >= 0.3 is 6.03 Å². The number of urea groups is 1. The van der Waals surface area contributed by atoms with E-state index in [2.05, 4.69) is 29.2 Å². The molecule has 2 saturated heterocycles. The molecule has 0 N–H and O–H groups in total. The van der Waals surface area contributed by atoms with Crippen molar-refractivity contribution in [2.45, 2.75) is 31.1 Å². The Balaban J connectivity index is 1.48. The second-order valence-corrected chi connectivity index (χ2v) is 7.71. The number of carbonyl (C=O) groups is 1. The van der Waals surface area contributed by atoms with Crippen LogP contribution in [0.2, 0.25) is 0 Å². The third kappa shape index (κ3) is 2.48. The topological polar surface area (TPSA) is 26.8 Å². The highest BCUT2D eigenvalue weighted by Crippen LogP contribution is 2.59. The van der Waals surface area contributed by atoms with Gasteiger partial charge in [-0.2, -0.15) is 0 Å². The Kier molecular flexibility index (Phi) is 3.51. The summed E-state index contributed by atoms with van der Waals surface area (Å²) in [6, 6.07) is 9.37. The number of carbonyl (C=O) groups excluding carboxylic acids is 1. The highest BCUT2D eigenvalue weighted by molar-refractivity contribution is 5.75. The number of anilines is 1. The first-order valence-electron chi connectivity index (χ1n) is 8.92. The minimum atomic E-state index is 0.154. The number of likely N-dealkylation sites (tertiary alicyclic amines) is 1. The number of amides is 2. The van der Waals surface area contributed by atoms with Crippen LogP contribution < -0.4 is 4.90 Å². The van der Waals surface area contributed by atoms with Gasteiger partial charge in [-0.3, -0.25) is 0 Å². The van der Waals surface area contributed by atoms with E-state index in [4.69, 9.17) is 0 Å². The van der Waals surface area contributed by atoms with E-state index in [1.807, 2.05) is 19.0 Å². The molecule has 124 valence electrons. The van der Waals surface area contributed by atoms with Crippen molar-refractivity contribution in [3.8, 4) is 0 Å². The molecule has 4 heteroatoms. The van der Waals surface area contributed by atoms with Crippen molar-refractivity contribution in [2.24, 2.45) is 5.92 Å². The molecular weight excluding hydrogens is 286 g/mol. The number of nitrogens with zero attached hydrogens (tertiary/aromatic N) is 3. The van der Waals surface area contributed by atoms with Crippen molar-refractivity contribution < 1.29 is 4.79 Å². The first-order valence-corrected chi connectivity index (χ1v) is 8.92. The third-order valence-electron chi connectivity index (χ3n) is 5.96. The molecule has 2 heterocycles. The van der Waals surface area contributed by atoms with Crippen LogP contribution in [0.4, 0.5) is 10.5 Å². The molecule has 2 aliphatic heterocycles. The largest absolute Gasteiger partial charge is 0.372 e. The minimum Gasteiger partial charge on any atom is -0.372 e. The monoisotopic (exact) mass is 313 g/mol. The molecule has 4 rings (SSSR count). The molecule has 0 aromatic heterocycles. The maximum Gasteiger partial charge on any atom is 0.319 e. The zero-order valence-electron chi connectivity index (χ0n) is 14.3. The standard InChI is InChI=1S/C19H27N3O/c1-20(2)18(23)22-13-16-12-19(16,14-22)15-6-8-17(9-7-15)21-10-4-3-5-11-21/h6-9,16H,3-5,10-14H2,1-2H3. The van der Waals surface area contributed by atoms with Gasteiger partial charge in [0.1, 0.15) is 0 Å². The van der Waals surface area contributed by atoms with Gasteiger partial charge in [0.25, 0.3) is 0 Å². The van der Waals surface area contributed by atoms with Gasteiger partial charge in [0.05, 0.1) is 0 Å². The van der Waals surface area contributed by atoms with Crippen LogP contribution in [0.1, 0.15) is 31.2 Å². The summed E-state index contributed by atoms with van der Waals surface area (Å²) in [5.41, 5.74) is 3.03. The summed E-state index contributed by atoms with van der Waals surface area (Å²) in [6.45, 7) is 4.19. The Morgan fingerprint density at radius 2 is 1.83 bits per heavy atom.